The standard InChI is InChI=1S/C15H18N2O7/c1-23-14(19)7-6-12(15(20)24-2)16-13(18)9-10-4-3-5-11(8-10)17(21)22/h3-5,8,12H,6-7,9H2,1-2H3,(H,16,18)/t12-/m1/s1. The summed E-state index contributed by atoms with van der Waals surface area (Å²) in [6.45, 7) is 0. The highest BCUT2D eigenvalue weighted by atomic mass is 16.6. The van der Waals surface area contributed by atoms with Crippen LogP contribution in [0.3, 0.4) is 0 Å². The molecule has 1 amide bonds. The van der Waals surface area contributed by atoms with Gasteiger partial charge in [0.05, 0.1) is 25.6 Å². The molecule has 9 heteroatoms. The zero-order valence-electron chi connectivity index (χ0n) is 13.3. The molecular weight excluding hydrogens is 320 g/mol. The van der Waals surface area contributed by atoms with Crippen LogP contribution in [0.4, 0.5) is 5.69 Å². The van der Waals surface area contributed by atoms with Crippen LogP contribution in [-0.4, -0.2) is 43.0 Å². The first-order chi connectivity index (χ1) is 11.4. The second-order valence-electron chi connectivity index (χ2n) is 4.86. The van der Waals surface area contributed by atoms with Gasteiger partial charge in [-0.15, -0.1) is 0 Å². The van der Waals surface area contributed by atoms with E-state index in [0.29, 0.717) is 5.56 Å². The Labute approximate surface area is 138 Å². The predicted molar refractivity (Wildman–Crippen MR) is 82.0 cm³/mol. The molecule has 1 atom stereocenters. The van der Waals surface area contributed by atoms with Gasteiger partial charge in [-0.2, -0.15) is 0 Å². The molecule has 0 aromatic heterocycles. The molecule has 9 nitrogen and oxygen atoms in total. The van der Waals surface area contributed by atoms with Gasteiger partial charge in [-0.1, -0.05) is 12.1 Å². The number of amides is 1. The number of hydrogen-bond acceptors (Lipinski definition) is 7. The second-order valence-corrected chi connectivity index (χ2v) is 4.86. The molecule has 130 valence electrons. The topological polar surface area (TPSA) is 125 Å². The van der Waals surface area contributed by atoms with E-state index in [0.717, 1.165) is 0 Å². The van der Waals surface area contributed by atoms with Crippen LogP contribution >= 0.6 is 0 Å². The SMILES string of the molecule is COC(=O)CC[C@@H](NC(=O)Cc1cccc([N+](=O)[O-])c1)C(=O)OC. The Kier molecular flexibility index (Phi) is 7.34. The van der Waals surface area contributed by atoms with E-state index in [1.165, 1.54) is 32.4 Å². The number of ether oxygens (including phenoxy) is 2. The first kappa shape index (κ1) is 19.1. The fourth-order valence-corrected chi connectivity index (χ4v) is 1.97. The number of benzene rings is 1. The molecule has 24 heavy (non-hydrogen) atoms. The summed E-state index contributed by atoms with van der Waals surface area (Å²) < 4.78 is 9.07. The third-order valence-corrected chi connectivity index (χ3v) is 3.17. The minimum atomic E-state index is -1.000. The van der Waals surface area contributed by atoms with Gasteiger partial charge in [-0.25, -0.2) is 4.79 Å². The van der Waals surface area contributed by atoms with Crippen molar-refractivity contribution in [2.75, 3.05) is 14.2 Å². The lowest BCUT2D eigenvalue weighted by atomic mass is 10.1. The Morgan fingerprint density at radius 1 is 1.25 bits per heavy atom. The molecule has 0 saturated carbocycles. The Balaban J connectivity index is 2.70. The zero-order chi connectivity index (χ0) is 18.1. The van der Waals surface area contributed by atoms with Crippen LogP contribution in [0.5, 0.6) is 0 Å². The molecule has 1 aromatic carbocycles. The van der Waals surface area contributed by atoms with Crippen molar-refractivity contribution in [3.63, 3.8) is 0 Å². The van der Waals surface area contributed by atoms with Gasteiger partial charge in [0.1, 0.15) is 6.04 Å². The molecular formula is C15H18N2O7. The van der Waals surface area contributed by atoms with Gasteiger partial charge in [0.15, 0.2) is 0 Å². The van der Waals surface area contributed by atoms with Gasteiger partial charge in [-0.05, 0) is 12.0 Å². The highest BCUT2D eigenvalue weighted by molar-refractivity contribution is 5.86. The van der Waals surface area contributed by atoms with Gasteiger partial charge >= 0.3 is 11.9 Å². The fourth-order valence-electron chi connectivity index (χ4n) is 1.97. The normalized spacial score (nSPS) is 11.2. The molecule has 0 bridgehead atoms. The van der Waals surface area contributed by atoms with Crippen LogP contribution in [0.15, 0.2) is 24.3 Å². The summed E-state index contributed by atoms with van der Waals surface area (Å²) in [7, 11) is 2.39. The van der Waals surface area contributed by atoms with Crippen molar-refractivity contribution >= 4 is 23.5 Å². The van der Waals surface area contributed by atoms with Crippen LogP contribution in [0.2, 0.25) is 0 Å². The second kappa shape index (κ2) is 9.23. The lowest BCUT2D eigenvalue weighted by Crippen LogP contribution is -2.42. The van der Waals surface area contributed by atoms with Crippen molar-refractivity contribution in [1.82, 2.24) is 5.32 Å². The van der Waals surface area contributed by atoms with Crippen LogP contribution in [0.25, 0.3) is 0 Å². The van der Waals surface area contributed by atoms with Crippen LogP contribution in [-0.2, 0) is 30.3 Å². The lowest BCUT2D eigenvalue weighted by molar-refractivity contribution is -0.384. The number of nitrogens with one attached hydrogen (secondary N) is 1. The van der Waals surface area contributed by atoms with E-state index in [4.69, 9.17) is 0 Å². The molecule has 0 aliphatic heterocycles. The van der Waals surface area contributed by atoms with E-state index in [1.54, 1.807) is 6.07 Å². The average molecular weight is 338 g/mol. The van der Waals surface area contributed by atoms with Crippen molar-refractivity contribution in [3.8, 4) is 0 Å². The molecule has 0 radical (unpaired) electrons. The first-order valence-electron chi connectivity index (χ1n) is 7.04. The predicted octanol–water partition coefficient (Wildman–Crippen LogP) is 0.748. The molecule has 0 aliphatic carbocycles. The fraction of sp³-hybridized carbons (Fsp3) is 0.400. The zero-order valence-corrected chi connectivity index (χ0v) is 13.3. The third kappa shape index (κ3) is 6.03. The Bertz CT molecular complexity index is 630. The van der Waals surface area contributed by atoms with Crippen molar-refractivity contribution in [2.24, 2.45) is 0 Å². The highest BCUT2D eigenvalue weighted by Crippen LogP contribution is 2.13. The number of nitro groups is 1. The molecule has 0 unspecified atom stereocenters. The molecule has 0 heterocycles. The number of rotatable bonds is 8. The van der Waals surface area contributed by atoms with Gasteiger partial charge in [-0.3, -0.25) is 19.7 Å². The molecule has 0 fully saturated rings. The van der Waals surface area contributed by atoms with E-state index in [-0.39, 0.29) is 24.9 Å². The van der Waals surface area contributed by atoms with Crippen molar-refractivity contribution in [2.45, 2.75) is 25.3 Å². The van der Waals surface area contributed by atoms with Gasteiger partial charge in [0.2, 0.25) is 5.91 Å². The molecule has 0 saturated heterocycles. The van der Waals surface area contributed by atoms with Crippen LogP contribution < -0.4 is 5.32 Å². The van der Waals surface area contributed by atoms with Gasteiger partial charge in [0.25, 0.3) is 5.69 Å². The summed E-state index contributed by atoms with van der Waals surface area (Å²) in [5.74, 6) is -1.72. The Morgan fingerprint density at radius 2 is 1.96 bits per heavy atom. The quantitative estimate of drug-likeness (QED) is 0.421. The van der Waals surface area contributed by atoms with Crippen molar-refractivity contribution in [3.05, 3.63) is 39.9 Å². The van der Waals surface area contributed by atoms with Gasteiger partial charge < -0.3 is 14.8 Å². The van der Waals surface area contributed by atoms with E-state index >= 15 is 0 Å². The number of non-ortho nitro benzene ring substituents is 1. The summed E-state index contributed by atoms with van der Waals surface area (Å²) in [4.78, 5) is 45.0. The van der Waals surface area contributed by atoms with E-state index in [2.05, 4.69) is 14.8 Å². The number of hydrogen-bond donors (Lipinski definition) is 1. The lowest BCUT2D eigenvalue weighted by Gasteiger charge is -2.16. The minimum absolute atomic E-state index is 0.0278. The summed E-state index contributed by atoms with van der Waals surface area (Å²) >= 11 is 0. The van der Waals surface area contributed by atoms with Crippen molar-refractivity contribution in [1.29, 1.82) is 0 Å². The van der Waals surface area contributed by atoms with Crippen LogP contribution in [0.1, 0.15) is 18.4 Å². The molecule has 0 aliphatic rings. The largest absolute Gasteiger partial charge is 0.469 e. The maximum Gasteiger partial charge on any atom is 0.328 e. The molecule has 1 aromatic rings. The summed E-state index contributed by atoms with van der Waals surface area (Å²) in [5.41, 5.74) is 0.300. The average Bonchev–Trinajstić information content (AvgIpc) is 2.57. The smallest absolute Gasteiger partial charge is 0.328 e. The van der Waals surface area contributed by atoms with Gasteiger partial charge in [0, 0.05) is 18.6 Å². The van der Waals surface area contributed by atoms with Crippen molar-refractivity contribution < 1.29 is 28.8 Å². The highest BCUT2D eigenvalue weighted by Gasteiger charge is 2.23. The monoisotopic (exact) mass is 338 g/mol. The van der Waals surface area contributed by atoms with Crippen LogP contribution in [0, 0.1) is 10.1 Å². The number of esters is 2. The van der Waals surface area contributed by atoms with E-state index in [9.17, 15) is 24.5 Å². The minimum Gasteiger partial charge on any atom is -0.469 e. The molecule has 1 rings (SSSR count). The number of nitrogens with zero attached hydrogens (tertiary/aromatic N) is 1. The maximum absolute atomic E-state index is 12.0. The summed E-state index contributed by atoms with van der Waals surface area (Å²) in [6.07, 6.45) is -0.180. The Hall–Kier alpha value is -2.97. The number of carbonyl (C=O) groups is 3. The summed E-state index contributed by atoms with van der Waals surface area (Å²) in [5, 5.41) is 13.2. The number of carbonyl (C=O) groups excluding carboxylic acids is 3. The Morgan fingerprint density at radius 3 is 2.54 bits per heavy atom. The van der Waals surface area contributed by atoms with E-state index in [1.807, 2.05) is 0 Å². The summed E-state index contributed by atoms with van der Waals surface area (Å²) in [6, 6.07) is 4.63. The molecule has 1 N–H and O–H groups in total. The third-order valence-electron chi connectivity index (χ3n) is 3.17. The first-order valence-corrected chi connectivity index (χ1v) is 7.04. The molecule has 0 spiro atoms. The van der Waals surface area contributed by atoms with E-state index < -0.39 is 28.8 Å². The maximum atomic E-state index is 12.0. The number of methoxy groups -OCH3 is 2. The number of nitro benzene ring substituents is 1.